The number of aromatic nitrogens is 4. The lowest BCUT2D eigenvalue weighted by molar-refractivity contribution is 0.621. The highest BCUT2D eigenvalue weighted by Crippen LogP contribution is 2.25. The van der Waals surface area contributed by atoms with Crippen molar-refractivity contribution in [2.75, 3.05) is 5.88 Å². The van der Waals surface area contributed by atoms with E-state index in [0.29, 0.717) is 23.3 Å². The van der Waals surface area contributed by atoms with Crippen LogP contribution in [0.2, 0.25) is 0 Å². The van der Waals surface area contributed by atoms with Crippen molar-refractivity contribution in [3.63, 3.8) is 0 Å². The third-order valence-corrected chi connectivity index (χ3v) is 3.95. The third-order valence-electron chi connectivity index (χ3n) is 3.15. The van der Waals surface area contributed by atoms with Gasteiger partial charge < -0.3 is 4.57 Å². The SMILES string of the molecule is Fc1cc2c(cc1Br)nc(CCCl)n2Cc1ccncn1. The van der Waals surface area contributed by atoms with Crippen LogP contribution in [0, 0.1) is 5.82 Å². The third kappa shape index (κ3) is 2.91. The number of aryl methyl sites for hydroxylation is 1. The molecular weight excluding hydrogens is 359 g/mol. The first kappa shape index (κ1) is 14.4. The fraction of sp³-hybridized carbons (Fsp3) is 0.214. The predicted octanol–water partition coefficient (Wildman–Crippen LogP) is 3.56. The van der Waals surface area contributed by atoms with E-state index in [-0.39, 0.29) is 5.82 Å². The maximum absolute atomic E-state index is 13.8. The first-order chi connectivity index (χ1) is 10.2. The average Bonchev–Trinajstić information content (AvgIpc) is 2.79. The van der Waals surface area contributed by atoms with Gasteiger partial charge in [0, 0.05) is 24.6 Å². The normalized spacial score (nSPS) is 11.2. The summed E-state index contributed by atoms with van der Waals surface area (Å²) >= 11 is 9.02. The van der Waals surface area contributed by atoms with Crippen LogP contribution < -0.4 is 0 Å². The van der Waals surface area contributed by atoms with E-state index < -0.39 is 0 Å². The van der Waals surface area contributed by atoms with E-state index >= 15 is 0 Å². The average molecular weight is 370 g/mol. The number of alkyl halides is 1. The summed E-state index contributed by atoms with van der Waals surface area (Å²) in [5.41, 5.74) is 2.30. The van der Waals surface area contributed by atoms with E-state index in [0.717, 1.165) is 22.6 Å². The summed E-state index contributed by atoms with van der Waals surface area (Å²) in [7, 11) is 0. The molecule has 0 fully saturated rings. The minimum Gasteiger partial charge on any atom is -0.322 e. The van der Waals surface area contributed by atoms with E-state index in [1.807, 2.05) is 10.6 Å². The molecule has 7 heteroatoms. The summed E-state index contributed by atoms with van der Waals surface area (Å²) in [6.07, 6.45) is 3.78. The van der Waals surface area contributed by atoms with E-state index in [1.165, 1.54) is 12.4 Å². The quantitative estimate of drug-likeness (QED) is 0.661. The van der Waals surface area contributed by atoms with Crippen LogP contribution in [0.3, 0.4) is 0 Å². The number of halogens is 3. The zero-order valence-corrected chi connectivity index (χ0v) is 13.3. The molecule has 0 aliphatic heterocycles. The highest BCUT2D eigenvalue weighted by Gasteiger charge is 2.14. The van der Waals surface area contributed by atoms with E-state index in [4.69, 9.17) is 11.6 Å². The Hall–Kier alpha value is -1.53. The molecule has 2 aromatic heterocycles. The molecule has 1 aromatic carbocycles. The van der Waals surface area contributed by atoms with Crippen LogP contribution in [-0.2, 0) is 13.0 Å². The molecule has 0 aliphatic rings. The van der Waals surface area contributed by atoms with Gasteiger partial charge in [-0.1, -0.05) is 0 Å². The molecule has 0 saturated heterocycles. The zero-order chi connectivity index (χ0) is 14.8. The van der Waals surface area contributed by atoms with Crippen molar-refractivity contribution in [2.24, 2.45) is 0 Å². The fourth-order valence-corrected chi connectivity index (χ4v) is 2.70. The second-order valence-corrected chi connectivity index (χ2v) is 5.74. The molecule has 0 N–H and O–H groups in total. The van der Waals surface area contributed by atoms with Gasteiger partial charge in [-0.05, 0) is 28.1 Å². The van der Waals surface area contributed by atoms with Gasteiger partial charge in [-0.25, -0.2) is 19.3 Å². The molecule has 0 bridgehead atoms. The highest BCUT2D eigenvalue weighted by atomic mass is 79.9. The number of hydrogen-bond donors (Lipinski definition) is 0. The lowest BCUT2D eigenvalue weighted by Crippen LogP contribution is -2.07. The molecule has 3 aromatic rings. The second-order valence-electron chi connectivity index (χ2n) is 4.51. The largest absolute Gasteiger partial charge is 0.322 e. The number of benzene rings is 1. The number of fused-ring (bicyclic) bond motifs is 1. The maximum atomic E-state index is 13.8. The standard InChI is InChI=1S/C14H11BrClFN4/c15-10-5-12-13(6-11(10)17)21(14(20-12)1-3-16)7-9-2-4-18-8-19-9/h2,4-6,8H,1,3,7H2. The first-order valence-electron chi connectivity index (χ1n) is 6.34. The summed E-state index contributed by atoms with van der Waals surface area (Å²) in [6.45, 7) is 0.506. The van der Waals surface area contributed by atoms with E-state index in [1.54, 1.807) is 12.3 Å². The van der Waals surface area contributed by atoms with Crippen molar-refractivity contribution >= 4 is 38.6 Å². The van der Waals surface area contributed by atoms with Crippen molar-refractivity contribution in [3.8, 4) is 0 Å². The Morgan fingerprint density at radius 1 is 1.33 bits per heavy atom. The molecule has 3 rings (SSSR count). The Kier molecular flexibility index (Phi) is 4.17. The smallest absolute Gasteiger partial charge is 0.139 e. The van der Waals surface area contributed by atoms with Gasteiger partial charge in [0.2, 0.25) is 0 Å². The molecule has 0 spiro atoms. The summed E-state index contributed by atoms with van der Waals surface area (Å²) in [6, 6.07) is 4.98. The Balaban J connectivity index is 2.13. The number of hydrogen-bond acceptors (Lipinski definition) is 3. The Labute approximate surface area is 134 Å². The molecule has 4 nitrogen and oxygen atoms in total. The van der Waals surface area contributed by atoms with Gasteiger partial charge in [0.1, 0.15) is 18.0 Å². The highest BCUT2D eigenvalue weighted by molar-refractivity contribution is 9.10. The maximum Gasteiger partial charge on any atom is 0.139 e. The molecule has 108 valence electrons. The second kappa shape index (κ2) is 6.07. The van der Waals surface area contributed by atoms with Crippen LogP contribution in [0.4, 0.5) is 4.39 Å². The molecular formula is C14H11BrClFN4. The van der Waals surface area contributed by atoms with Crippen LogP contribution in [0.15, 0.2) is 35.2 Å². The Morgan fingerprint density at radius 2 is 2.19 bits per heavy atom. The van der Waals surface area contributed by atoms with Crippen molar-refractivity contribution in [1.29, 1.82) is 0 Å². The van der Waals surface area contributed by atoms with E-state index in [2.05, 4.69) is 30.9 Å². The Bertz CT molecular complexity index is 775. The molecule has 0 amide bonds. The number of rotatable bonds is 4. The van der Waals surface area contributed by atoms with Crippen molar-refractivity contribution in [3.05, 3.63) is 52.5 Å². The monoisotopic (exact) mass is 368 g/mol. The summed E-state index contributed by atoms with van der Waals surface area (Å²) in [5.74, 6) is 0.955. The van der Waals surface area contributed by atoms with Crippen LogP contribution in [-0.4, -0.2) is 25.4 Å². The van der Waals surface area contributed by atoms with Gasteiger partial charge in [-0.15, -0.1) is 11.6 Å². The van der Waals surface area contributed by atoms with Crippen LogP contribution in [0.25, 0.3) is 11.0 Å². The topological polar surface area (TPSA) is 43.6 Å². The van der Waals surface area contributed by atoms with Crippen molar-refractivity contribution < 1.29 is 4.39 Å². The van der Waals surface area contributed by atoms with Crippen molar-refractivity contribution in [1.82, 2.24) is 19.5 Å². The van der Waals surface area contributed by atoms with Crippen LogP contribution in [0.5, 0.6) is 0 Å². The van der Waals surface area contributed by atoms with Crippen LogP contribution >= 0.6 is 27.5 Å². The van der Waals surface area contributed by atoms with Crippen molar-refractivity contribution in [2.45, 2.75) is 13.0 Å². The molecule has 0 saturated carbocycles. The summed E-state index contributed by atoms with van der Waals surface area (Å²) in [5, 5.41) is 0. The lowest BCUT2D eigenvalue weighted by Gasteiger charge is -2.08. The van der Waals surface area contributed by atoms with Gasteiger partial charge >= 0.3 is 0 Å². The summed E-state index contributed by atoms with van der Waals surface area (Å²) < 4.78 is 16.2. The minimum absolute atomic E-state index is 0.316. The summed E-state index contributed by atoms with van der Waals surface area (Å²) in [4.78, 5) is 12.6. The van der Waals surface area contributed by atoms with Gasteiger partial charge in [-0.3, -0.25) is 0 Å². The van der Waals surface area contributed by atoms with Gasteiger partial charge in [-0.2, -0.15) is 0 Å². The van der Waals surface area contributed by atoms with Crippen LogP contribution in [0.1, 0.15) is 11.5 Å². The molecule has 0 atom stereocenters. The molecule has 0 radical (unpaired) electrons. The predicted molar refractivity (Wildman–Crippen MR) is 82.9 cm³/mol. The molecule has 0 aliphatic carbocycles. The zero-order valence-electron chi connectivity index (χ0n) is 10.9. The van der Waals surface area contributed by atoms with E-state index in [9.17, 15) is 4.39 Å². The molecule has 0 unspecified atom stereocenters. The fourth-order valence-electron chi connectivity index (χ4n) is 2.20. The number of nitrogens with zero attached hydrogens (tertiary/aromatic N) is 4. The Morgan fingerprint density at radius 3 is 2.90 bits per heavy atom. The van der Waals surface area contributed by atoms with Gasteiger partial charge in [0.05, 0.1) is 27.7 Å². The van der Waals surface area contributed by atoms with Gasteiger partial charge in [0.25, 0.3) is 0 Å². The minimum atomic E-state index is -0.316. The van der Waals surface area contributed by atoms with Gasteiger partial charge in [0.15, 0.2) is 0 Å². The number of imidazole rings is 1. The lowest BCUT2D eigenvalue weighted by atomic mass is 10.3. The molecule has 21 heavy (non-hydrogen) atoms. The molecule has 2 heterocycles. The first-order valence-corrected chi connectivity index (χ1v) is 7.67.